The van der Waals surface area contributed by atoms with Crippen molar-refractivity contribution in [3.63, 3.8) is 0 Å². The first-order chi connectivity index (χ1) is 12.5. The van der Waals surface area contributed by atoms with Crippen molar-refractivity contribution in [3.05, 3.63) is 47.5 Å². The topological polar surface area (TPSA) is 74.2 Å². The standard InChI is InChI=1S/C20H22O6/c1-5-26-17-8-6-13(11-18(17)24-3)10-15(20(21)22)14-7-9-16(23-2)19(12-14)25-4/h6-12H,5H2,1-4H3,(H,21,22)/b15-10-. The van der Waals surface area contributed by atoms with E-state index in [4.69, 9.17) is 18.9 Å². The lowest BCUT2D eigenvalue weighted by Crippen LogP contribution is -2.01. The van der Waals surface area contributed by atoms with E-state index in [1.54, 1.807) is 42.5 Å². The van der Waals surface area contributed by atoms with Gasteiger partial charge in [0.05, 0.1) is 33.5 Å². The molecular weight excluding hydrogens is 336 g/mol. The molecule has 0 saturated heterocycles. The summed E-state index contributed by atoms with van der Waals surface area (Å²) in [6, 6.07) is 10.2. The highest BCUT2D eigenvalue weighted by Crippen LogP contribution is 2.33. The number of hydrogen-bond donors (Lipinski definition) is 1. The molecule has 0 aliphatic carbocycles. The van der Waals surface area contributed by atoms with Crippen LogP contribution in [0.25, 0.3) is 11.6 Å². The first kappa shape index (κ1) is 19.2. The van der Waals surface area contributed by atoms with E-state index in [2.05, 4.69) is 0 Å². The molecule has 6 nitrogen and oxygen atoms in total. The van der Waals surface area contributed by atoms with Gasteiger partial charge in [0.1, 0.15) is 0 Å². The smallest absolute Gasteiger partial charge is 0.336 e. The van der Waals surface area contributed by atoms with Crippen LogP contribution < -0.4 is 18.9 Å². The maximum Gasteiger partial charge on any atom is 0.336 e. The van der Waals surface area contributed by atoms with Gasteiger partial charge in [0.15, 0.2) is 23.0 Å². The molecule has 0 amide bonds. The average molecular weight is 358 g/mol. The second-order valence-electron chi connectivity index (χ2n) is 5.28. The molecule has 0 unspecified atom stereocenters. The molecule has 0 bridgehead atoms. The van der Waals surface area contributed by atoms with Crippen molar-refractivity contribution in [2.24, 2.45) is 0 Å². The Morgan fingerprint density at radius 2 is 1.54 bits per heavy atom. The van der Waals surface area contributed by atoms with Gasteiger partial charge in [-0.2, -0.15) is 0 Å². The third-order valence-corrected chi connectivity index (χ3v) is 3.72. The van der Waals surface area contributed by atoms with Crippen molar-refractivity contribution in [2.45, 2.75) is 6.92 Å². The van der Waals surface area contributed by atoms with Gasteiger partial charge in [-0.1, -0.05) is 12.1 Å². The average Bonchev–Trinajstić information content (AvgIpc) is 2.66. The molecule has 2 aromatic rings. The maximum atomic E-state index is 11.8. The summed E-state index contributed by atoms with van der Waals surface area (Å²) in [5.74, 6) is 1.09. The zero-order chi connectivity index (χ0) is 19.1. The summed E-state index contributed by atoms with van der Waals surface area (Å²) in [6.45, 7) is 2.39. The van der Waals surface area contributed by atoms with Crippen LogP contribution >= 0.6 is 0 Å². The molecule has 0 atom stereocenters. The first-order valence-corrected chi connectivity index (χ1v) is 8.02. The molecule has 0 fully saturated rings. The van der Waals surface area contributed by atoms with Crippen LogP contribution in [0.15, 0.2) is 36.4 Å². The predicted octanol–water partition coefficient (Wildman–Crippen LogP) is 3.74. The Labute approximate surface area is 152 Å². The van der Waals surface area contributed by atoms with E-state index in [-0.39, 0.29) is 5.57 Å². The molecule has 0 aromatic heterocycles. The highest BCUT2D eigenvalue weighted by molar-refractivity contribution is 6.20. The Morgan fingerprint density at radius 3 is 2.12 bits per heavy atom. The Bertz CT molecular complexity index is 810. The van der Waals surface area contributed by atoms with Gasteiger partial charge < -0.3 is 24.1 Å². The molecule has 0 radical (unpaired) electrons. The summed E-state index contributed by atoms with van der Waals surface area (Å²) in [4.78, 5) is 11.8. The molecule has 6 heteroatoms. The third kappa shape index (κ3) is 4.27. The second kappa shape index (κ2) is 8.80. The fraction of sp³-hybridized carbons (Fsp3) is 0.250. The number of carboxylic acid groups (broad SMARTS) is 1. The quantitative estimate of drug-likeness (QED) is 0.572. The molecule has 0 aliphatic rings. The Hall–Kier alpha value is -3.15. The van der Waals surface area contributed by atoms with E-state index >= 15 is 0 Å². The monoisotopic (exact) mass is 358 g/mol. The Balaban J connectivity index is 2.49. The van der Waals surface area contributed by atoms with E-state index < -0.39 is 5.97 Å². The van der Waals surface area contributed by atoms with Crippen LogP contribution in [0.2, 0.25) is 0 Å². The highest BCUT2D eigenvalue weighted by Gasteiger charge is 2.14. The molecule has 0 aliphatic heterocycles. The van der Waals surface area contributed by atoms with Gasteiger partial charge in [-0.15, -0.1) is 0 Å². The molecule has 138 valence electrons. The molecule has 2 aromatic carbocycles. The van der Waals surface area contributed by atoms with Gasteiger partial charge in [0.2, 0.25) is 0 Å². The molecule has 26 heavy (non-hydrogen) atoms. The van der Waals surface area contributed by atoms with Crippen LogP contribution in [0.1, 0.15) is 18.1 Å². The number of hydrogen-bond acceptors (Lipinski definition) is 5. The summed E-state index contributed by atoms with van der Waals surface area (Å²) in [5, 5.41) is 9.65. The number of rotatable bonds is 8. The van der Waals surface area contributed by atoms with Gasteiger partial charge in [0.25, 0.3) is 0 Å². The summed E-state index contributed by atoms with van der Waals surface area (Å²) in [7, 11) is 4.57. The van der Waals surface area contributed by atoms with E-state index in [1.807, 2.05) is 6.92 Å². The SMILES string of the molecule is CCOc1ccc(/C=C(\C(=O)O)c2ccc(OC)c(OC)c2)cc1OC. The van der Waals surface area contributed by atoms with Crippen molar-refractivity contribution >= 4 is 17.6 Å². The lowest BCUT2D eigenvalue weighted by atomic mass is 10.0. The van der Waals surface area contributed by atoms with Gasteiger partial charge in [-0.25, -0.2) is 4.79 Å². The van der Waals surface area contributed by atoms with Crippen molar-refractivity contribution in [1.29, 1.82) is 0 Å². The van der Waals surface area contributed by atoms with E-state index in [0.29, 0.717) is 40.7 Å². The lowest BCUT2D eigenvalue weighted by Gasteiger charge is -2.11. The fourth-order valence-corrected chi connectivity index (χ4v) is 2.49. The molecule has 0 spiro atoms. The van der Waals surface area contributed by atoms with Crippen LogP contribution in [0.5, 0.6) is 23.0 Å². The second-order valence-corrected chi connectivity index (χ2v) is 5.28. The summed E-state index contributed by atoms with van der Waals surface area (Å²) < 4.78 is 21.2. The molecular formula is C20H22O6. The summed E-state index contributed by atoms with van der Waals surface area (Å²) in [5.41, 5.74) is 1.30. The van der Waals surface area contributed by atoms with Crippen molar-refractivity contribution in [3.8, 4) is 23.0 Å². The maximum absolute atomic E-state index is 11.8. The van der Waals surface area contributed by atoms with Crippen LogP contribution in [-0.2, 0) is 4.79 Å². The van der Waals surface area contributed by atoms with Crippen molar-refractivity contribution in [2.75, 3.05) is 27.9 Å². The third-order valence-electron chi connectivity index (χ3n) is 3.72. The van der Waals surface area contributed by atoms with Crippen LogP contribution in [0, 0.1) is 0 Å². The molecule has 0 saturated carbocycles. The summed E-state index contributed by atoms with van der Waals surface area (Å²) >= 11 is 0. The number of aliphatic carboxylic acids is 1. The van der Waals surface area contributed by atoms with Gasteiger partial charge in [-0.05, 0) is 48.4 Å². The number of benzene rings is 2. The molecule has 2 rings (SSSR count). The zero-order valence-electron chi connectivity index (χ0n) is 15.2. The van der Waals surface area contributed by atoms with E-state index in [1.165, 1.54) is 21.3 Å². The lowest BCUT2D eigenvalue weighted by molar-refractivity contribution is -0.130. The number of carboxylic acids is 1. The van der Waals surface area contributed by atoms with Crippen LogP contribution in [0.4, 0.5) is 0 Å². The highest BCUT2D eigenvalue weighted by atomic mass is 16.5. The van der Waals surface area contributed by atoms with Crippen molar-refractivity contribution < 1.29 is 28.8 Å². The number of ether oxygens (including phenoxy) is 4. The normalized spacial score (nSPS) is 11.0. The van der Waals surface area contributed by atoms with E-state index in [0.717, 1.165) is 0 Å². The fourth-order valence-electron chi connectivity index (χ4n) is 2.49. The summed E-state index contributed by atoms with van der Waals surface area (Å²) in [6.07, 6.45) is 1.57. The molecule has 1 N–H and O–H groups in total. The molecule has 0 heterocycles. The minimum atomic E-state index is -1.05. The number of carbonyl (C=O) groups is 1. The number of methoxy groups -OCH3 is 3. The largest absolute Gasteiger partial charge is 0.493 e. The van der Waals surface area contributed by atoms with E-state index in [9.17, 15) is 9.90 Å². The minimum absolute atomic E-state index is 0.122. The van der Waals surface area contributed by atoms with Crippen LogP contribution in [0.3, 0.4) is 0 Å². The Morgan fingerprint density at radius 1 is 0.923 bits per heavy atom. The van der Waals surface area contributed by atoms with Gasteiger partial charge >= 0.3 is 5.97 Å². The minimum Gasteiger partial charge on any atom is -0.493 e. The van der Waals surface area contributed by atoms with Crippen molar-refractivity contribution in [1.82, 2.24) is 0 Å². The van der Waals surface area contributed by atoms with Gasteiger partial charge in [-0.3, -0.25) is 0 Å². The zero-order valence-corrected chi connectivity index (χ0v) is 15.2. The van der Waals surface area contributed by atoms with Gasteiger partial charge in [0, 0.05) is 0 Å². The predicted molar refractivity (Wildman–Crippen MR) is 99.2 cm³/mol. The first-order valence-electron chi connectivity index (χ1n) is 8.02. The Kier molecular flexibility index (Phi) is 6.49. The van der Waals surface area contributed by atoms with Crippen LogP contribution in [-0.4, -0.2) is 39.0 Å².